The average Bonchev–Trinajstić information content (AvgIpc) is 1.45. The summed E-state index contributed by atoms with van der Waals surface area (Å²) in [5, 5.41) is 14.7. The van der Waals surface area contributed by atoms with Crippen molar-refractivity contribution >= 4 is 142 Å². The fourth-order valence-electron chi connectivity index (χ4n) is 17.1. The molecule has 0 radical (unpaired) electrons. The molecule has 10 nitrogen and oxygen atoms in total. The molecule has 520 valence electrons. The van der Waals surface area contributed by atoms with Crippen LogP contribution < -0.4 is 0 Å². The van der Waals surface area contributed by atoms with Crippen molar-refractivity contribution in [2.24, 2.45) is 0 Å². The third kappa shape index (κ3) is 10.2. The van der Waals surface area contributed by atoms with Crippen LogP contribution in [0.2, 0.25) is 0 Å². The van der Waals surface area contributed by atoms with Crippen molar-refractivity contribution in [2.45, 2.75) is 0 Å². The number of hydrogen-bond acceptors (Lipinski definition) is 8. The Morgan fingerprint density at radius 3 is 1.08 bits per heavy atom. The van der Waals surface area contributed by atoms with Crippen molar-refractivity contribution in [1.29, 1.82) is 0 Å². The van der Waals surface area contributed by atoms with E-state index in [1.54, 1.807) is 0 Å². The first-order chi connectivity index (χ1) is 55.5. The molecule has 10 heteroatoms. The number of para-hydroxylation sites is 3. The summed E-state index contributed by atoms with van der Waals surface area (Å²) >= 11 is 0. The number of benzene rings is 16. The van der Waals surface area contributed by atoms with Crippen LogP contribution in [0, 0.1) is 0 Å². The Kier molecular flexibility index (Phi) is 14.1. The third-order valence-electron chi connectivity index (χ3n) is 22.4. The summed E-state index contributed by atoms with van der Waals surface area (Å²) in [5.41, 5.74) is 27.9. The Morgan fingerprint density at radius 1 is 0.196 bits per heavy atom. The number of rotatable bonds is 8. The smallest absolute Gasteiger partial charge is 0.160 e. The molecule has 0 fully saturated rings. The van der Waals surface area contributed by atoms with Gasteiger partial charge >= 0.3 is 0 Å². The van der Waals surface area contributed by atoms with Gasteiger partial charge in [-0.15, -0.1) is 0 Å². The van der Waals surface area contributed by atoms with E-state index < -0.39 is 0 Å². The van der Waals surface area contributed by atoms with Crippen molar-refractivity contribution in [2.75, 3.05) is 0 Å². The van der Waals surface area contributed by atoms with Crippen LogP contribution in [0.1, 0.15) is 0 Å². The lowest BCUT2D eigenvalue weighted by Gasteiger charge is -2.16. The zero-order valence-electron chi connectivity index (χ0n) is 60.0. The first kappa shape index (κ1) is 62.9. The van der Waals surface area contributed by atoms with Gasteiger partial charge in [0.25, 0.3) is 0 Å². The molecule has 112 heavy (non-hydrogen) atoms. The standard InChI is InChI=1S/C57H34N4O.C45H26N4O/c1-4-14-35(15-5-1)45-33-49-50(59-55(37-18-8-3-9-19-37)54(58-49)36-16-6-2-7-17-36)34-46(45)40-24-26-44-47(31-40)41-20-10-11-22-43(41)56-57(44)61-29-28-39(32-53(61)60-56)38-25-27-52-48(30-38)42-21-12-13-23-51(42)62-52;1-2-10-27(11-3-1)42-35-15-6-8-16-38(35)46-45(48-42)30-18-20-34-36(25-30)31-12-4-5-14-33(31)43-44(34)49-23-22-29(26-41(49)47-43)28-19-21-40-37(24-28)32-13-7-9-17-39(32)50-40/h1-34H;1-26H. The summed E-state index contributed by atoms with van der Waals surface area (Å²) in [6, 6.07) is 123. The molecule has 0 aliphatic heterocycles. The number of fused-ring (bicyclic) bond motifs is 24. The normalized spacial score (nSPS) is 11.9. The largest absolute Gasteiger partial charge is 0.456 e. The van der Waals surface area contributed by atoms with E-state index in [1.165, 1.54) is 10.8 Å². The SMILES string of the molecule is c1ccc(-c2cc3nc(-c4ccccc4)c(-c4ccccc4)nc3cc2-c2ccc3c(c2)c2ccccc2c2nc4cc(-c5ccc6oc7ccccc7c6c5)ccn4c32)cc1.c1ccc(-c2nc(-c3ccc4c(c3)c3ccccc3c3nc5cc(-c6ccc7oc8ccccc8c7c6)ccn5c43)nc3ccccc23)cc1. The third-order valence-corrected chi connectivity index (χ3v) is 22.4. The van der Waals surface area contributed by atoms with Gasteiger partial charge in [0.15, 0.2) is 5.82 Å². The van der Waals surface area contributed by atoms with Crippen LogP contribution in [0.4, 0.5) is 0 Å². The van der Waals surface area contributed by atoms with Crippen molar-refractivity contribution in [3.05, 3.63) is 364 Å². The minimum absolute atomic E-state index is 0.707. The second-order valence-electron chi connectivity index (χ2n) is 28.8. The van der Waals surface area contributed by atoms with Crippen LogP contribution in [-0.4, -0.2) is 38.7 Å². The van der Waals surface area contributed by atoms with Crippen molar-refractivity contribution in [1.82, 2.24) is 38.7 Å². The molecule has 0 spiro atoms. The molecule has 0 bridgehead atoms. The van der Waals surface area contributed by atoms with E-state index in [0.29, 0.717) is 5.82 Å². The number of furan rings is 2. The summed E-state index contributed by atoms with van der Waals surface area (Å²) in [5.74, 6) is 0.707. The van der Waals surface area contributed by atoms with Crippen molar-refractivity contribution in [3.63, 3.8) is 0 Å². The van der Waals surface area contributed by atoms with E-state index in [0.717, 1.165) is 215 Å². The van der Waals surface area contributed by atoms with Crippen LogP contribution >= 0.6 is 0 Å². The van der Waals surface area contributed by atoms with Crippen LogP contribution in [-0.2, 0) is 0 Å². The van der Waals surface area contributed by atoms with Gasteiger partial charge < -0.3 is 8.83 Å². The van der Waals surface area contributed by atoms with Gasteiger partial charge in [-0.2, -0.15) is 0 Å². The van der Waals surface area contributed by atoms with Gasteiger partial charge in [-0.25, -0.2) is 29.9 Å². The number of pyridine rings is 2. The number of hydrogen-bond donors (Lipinski definition) is 0. The highest BCUT2D eigenvalue weighted by Gasteiger charge is 2.23. The fourth-order valence-corrected chi connectivity index (χ4v) is 17.1. The highest BCUT2D eigenvalue weighted by Crippen LogP contribution is 2.45. The summed E-state index contributed by atoms with van der Waals surface area (Å²) in [6.07, 6.45) is 4.32. The Labute approximate surface area is 639 Å². The van der Waals surface area contributed by atoms with Crippen molar-refractivity contribution < 1.29 is 8.83 Å². The molecule has 24 rings (SSSR count). The number of aromatic nitrogens is 8. The van der Waals surface area contributed by atoms with Gasteiger partial charge in [-0.1, -0.05) is 261 Å². The Bertz CT molecular complexity index is 8010. The zero-order valence-corrected chi connectivity index (χ0v) is 60.0. The first-order valence-corrected chi connectivity index (χ1v) is 37.7. The molecule has 0 aliphatic carbocycles. The highest BCUT2D eigenvalue weighted by molar-refractivity contribution is 6.26. The molecular formula is C102H60N8O2. The minimum Gasteiger partial charge on any atom is -0.456 e. The molecule has 8 aromatic heterocycles. The number of nitrogens with zero attached hydrogens (tertiary/aromatic N) is 8. The minimum atomic E-state index is 0.707. The van der Waals surface area contributed by atoms with Gasteiger partial charge in [0, 0.05) is 83.1 Å². The Balaban J connectivity index is 0.000000137. The van der Waals surface area contributed by atoms with Gasteiger partial charge in [0.1, 0.15) is 33.6 Å². The molecule has 24 aromatic rings. The second-order valence-corrected chi connectivity index (χ2v) is 28.8. The molecule has 0 saturated carbocycles. The quantitative estimate of drug-likeness (QED) is 0.138. The van der Waals surface area contributed by atoms with Gasteiger partial charge in [0.2, 0.25) is 0 Å². The summed E-state index contributed by atoms with van der Waals surface area (Å²) in [7, 11) is 0. The van der Waals surface area contributed by atoms with E-state index >= 15 is 0 Å². The van der Waals surface area contributed by atoms with Gasteiger partial charge in [0.05, 0.1) is 55.7 Å². The van der Waals surface area contributed by atoms with E-state index in [2.05, 4.69) is 318 Å². The molecule has 0 unspecified atom stereocenters. The average molecular weight is 1430 g/mol. The maximum Gasteiger partial charge on any atom is 0.160 e. The molecule has 8 heterocycles. The van der Waals surface area contributed by atoms with E-state index in [9.17, 15) is 0 Å². The number of imidazole rings is 2. The zero-order chi connectivity index (χ0) is 73.5. The summed E-state index contributed by atoms with van der Waals surface area (Å²) < 4.78 is 16.7. The van der Waals surface area contributed by atoms with Crippen LogP contribution in [0.5, 0.6) is 0 Å². The van der Waals surface area contributed by atoms with Crippen LogP contribution in [0.3, 0.4) is 0 Å². The summed E-state index contributed by atoms with van der Waals surface area (Å²) in [6.45, 7) is 0. The highest BCUT2D eigenvalue weighted by atomic mass is 16.3. The van der Waals surface area contributed by atoms with Crippen molar-refractivity contribution in [3.8, 4) is 89.7 Å². The van der Waals surface area contributed by atoms with E-state index in [1.807, 2.05) is 54.6 Å². The van der Waals surface area contributed by atoms with Crippen LogP contribution in [0.15, 0.2) is 373 Å². The predicted octanol–water partition coefficient (Wildman–Crippen LogP) is 26.6. The molecule has 0 atom stereocenters. The fraction of sp³-hybridized carbons (Fsp3) is 0. The molecule has 16 aromatic carbocycles. The topological polar surface area (TPSA) is 112 Å². The van der Waals surface area contributed by atoms with Gasteiger partial charge in [-0.05, 0) is 157 Å². The molecule has 0 N–H and O–H groups in total. The lowest BCUT2D eigenvalue weighted by atomic mass is 9.91. The van der Waals surface area contributed by atoms with Crippen LogP contribution in [0.25, 0.3) is 232 Å². The molecule has 0 saturated heterocycles. The monoisotopic (exact) mass is 1430 g/mol. The first-order valence-electron chi connectivity index (χ1n) is 37.7. The Hall–Kier alpha value is -15.3. The summed E-state index contributed by atoms with van der Waals surface area (Å²) in [4.78, 5) is 31.6. The molecular weight excluding hydrogens is 1370 g/mol. The second kappa shape index (κ2) is 25.2. The molecule has 0 amide bonds. The van der Waals surface area contributed by atoms with Gasteiger partial charge in [-0.3, -0.25) is 8.80 Å². The maximum absolute atomic E-state index is 6.14. The maximum atomic E-state index is 6.14. The Morgan fingerprint density at radius 2 is 0.571 bits per heavy atom. The molecule has 0 aliphatic rings. The lowest BCUT2D eigenvalue weighted by Crippen LogP contribution is -1.97. The van der Waals surface area contributed by atoms with E-state index in [-0.39, 0.29) is 0 Å². The lowest BCUT2D eigenvalue weighted by molar-refractivity contribution is 0.668. The van der Waals surface area contributed by atoms with E-state index in [4.69, 9.17) is 38.7 Å². The predicted molar refractivity (Wildman–Crippen MR) is 460 cm³/mol.